The minimum Gasteiger partial charge on any atom is -0.481 e. The largest absolute Gasteiger partial charge is 0.481 e. The first-order valence-electron chi connectivity index (χ1n) is 6.34. The Labute approximate surface area is 125 Å². The summed E-state index contributed by atoms with van der Waals surface area (Å²) in [5.74, 6) is 1.30. The normalized spacial score (nSPS) is 11.4. The number of terminal acetylenes is 1. The molecular formula is C15H19NO4S. The van der Waals surface area contributed by atoms with Gasteiger partial charge in [-0.15, -0.1) is 6.42 Å². The number of aliphatic carboxylic acids is 1. The Morgan fingerprint density at radius 3 is 2.38 bits per heavy atom. The Hall–Kier alpha value is -1.84. The molecule has 0 atom stereocenters. The fraction of sp³-hybridized carbons (Fsp3) is 0.400. The monoisotopic (exact) mass is 309 g/mol. The maximum Gasteiger partial charge on any atom is 0.307 e. The van der Waals surface area contributed by atoms with Crippen LogP contribution < -0.4 is 0 Å². The van der Waals surface area contributed by atoms with Gasteiger partial charge in [0.05, 0.1) is 17.9 Å². The van der Waals surface area contributed by atoms with Gasteiger partial charge in [-0.3, -0.25) is 4.79 Å². The summed E-state index contributed by atoms with van der Waals surface area (Å²) in [5.41, 5.74) is 2.36. The van der Waals surface area contributed by atoms with E-state index < -0.39 is 16.0 Å². The lowest BCUT2D eigenvalue weighted by Gasteiger charge is -2.21. The lowest BCUT2D eigenvalue weighted by molar-refractivity contribution is -0.136. The molecular weight excluding hydrogens is 290 g/mol. The molecule has 0 saturated heterocycles. The summed E-state index contributed by atoms with van der Waals surface area (Å²) in [5, 5.41) is 8.99. The van der Waals surface area contributed by atoms with Crippen molar-refractivity contribution in [3.8, 4) is 12.3 Å². The van der Waals surface area contributed by atoms with Crippen LogP contribution in [0.25, 0.3) is 0 Å². The second-order valence-corrected chi connectivity index (χ2v) is 6.96. The van der Waals surface area contributed by atoms with E-state index in [9.17, 15) is 13.2 Å². The van der Waals surface area contributed by atoms with E-state index in [2.05, 4.69) is 5.92 Å². The Morgan fingerprint density at radius 2 is 1.90 bits per heavy atom. The van der Waals surface area contributed by atoms with Gasteiger partial charge in [0.2, 0.25) is 10.0 Å². The number of rotatable bonds is 5. The topological polar surface area (TPSA) is 74.7 Å². The molecule has 1 aromatic carbocycles. The second-order valence-electron chi connectivity index (χ2n) is 4.98. The number of sulfonamides is 1. The molecule has 0 heterocycles. The predicted octanol–water partition coefficient (Wildman–Crippen LogP) is 1.49. The number of aryl methyl sites for hydroxylation is 2. The summed E-state index contributed by atoms with van der Waals surface area (Å²) in [7, 11) is -2.33. The van der Waals surface area contributed by atoms with Crippen molar-refractivity contribution < 1.29 is 18.3 Å². The van der Waals surface area contributed by atoms with Gasteiger partial charge >= 0.3 is 5.97 Å². The Balaban J connectivity index is 3.58. The van der Waals surface area contributed by atoms with Gasteiger partial charge in [-0.1, -0.05) is 12.0 Å². The molecule has 0 fully saturated rings. The van der Waals surface area contributed by atoms with Gasteiger partial charge < -0.3 is 5.11 Å². The van der Waals surface area contributed by atoms with E-state index in [-0.39, 0.29) is 17.9 Å². The SMILES string of the molecule is C#CCN(C)S(=O)(=O)c1c(C)cc(C)c(CC(=O)O)c1C. The summed E-state index contributed by atoms with van der Waals surface area (Å²) >= 11 is 0. The minimum absolute atomic E-state index is 0.0383. The van der Waals surface area contributed by atoms with Crippen molar-refractivity contribution in [1.82, 2.24) is 4.31 Å². The highest BCUT2D eigenvalue weighted by atomic mass is 32.2. The predicted molar refractivity (Wildman–Crippen MR) is 80.6 cm³/mol. The van der Waals surface area contributed by atoms with E-state index in [1.165, 1.54) is 7.05 Å². The number of carboxylic acids is 1. The van der Waals surface area contributed by atoms with Crippen molar-refractivity contribution in [2.24, 2.45) is 0 Å². The maximum atomic E-state index is 12.6. The number of benzene rings is 1. The van der Waals surface area contributed by atoms with Crippen LogP contribution >= 0.6 is 0 Å². The van der Waals surface area contributed by atoms with Gasteiger partial charge in [-0.2, -0.15) is 4.31 Å². The molecule has 0 aliphatic heterocycles. The molecule has 1 rings (SSSR count). The molecule has 0 unspecified atom stereocenters. The quantitative estimate of drug-likeness (QED) is 0.836. The maximum absolute atomic E-state index is 12.6. The summed E-state index contributed by atoms with van der Waals surface area (Å²) in [6.45, 7) is 5.07. The van der Waals surface area contributed by atoms with Crippen LogP contribution in [0.15, 0.2) is 11.0 Å². The standard InChI is InChI=1S/C15H19NO4S/c1-6-7-16(5)21(19,20)15-11(3)8-10(2)13(12(15)4)9-14(17)18/h1,8H,7,9H2,2-5H3,(H,17,18). The van der Waals surface area contributed by atoms with Crippen LogP contribution in [0.3, 0.4) is 0 Å². The highest BCUT2D eigenvalue weighted by Crippen LogP contribution is 2.28. The van der Waals surface area contributed by atoms with E-state index in [0.29, 0.717) is 16.7 Å². The molecule has 0 aliphatic carbocycles. The van der Waals surface area contributed by atoms with Crippen LogP contribution in [0.5, 0.6) is 0 Å². The lowest BCUT2D eigenvalue weighted by Crippen LogP contribution is -2.29. The molecule has 6 heteroatoms. The number of nitrogens with zero attached hydrogens (tertiary/aromatic N) is 1. The van der Waals surface area contributed by atoms with Gasteiger partial charge in [0.1, 0.15) is 0 Å². The first-order chi connectivity index (χ1) is 9.62. The highest BCUT2D eigenvalue weighted by molar-refractivity contribution is 7.89. The molecule has 0 amide bonds. The molecule has 0 aromatic heterocycles. The number of carboxylic acid groups (broad SMARTS) is 1. The number of hydrogen-bond acceptors (Lipinski definition) is 3. The molecule has 1 aromatic rings. The van der Waals surface area contributed by atoms with Gasteiger partial charge in [0.25, 0.3) is 0 Å². The first kappa shape index (κ1) is 17.2. The minimum atomic E-state index is -3.74. The van der Waals surface area contributed by atoms with Crippen molar-refractivity contribution >= 4 is 16.0 Å². The Bertz CT molecular complexity index is 714. The van der Waals surface area contributed by atoms with Crippen molar-refractivity contribution in [2.45, 2.75) is 32.1 Å². The van der Waals surface area contributed by atoms with Crippen LogP contribution in [-0.2, 0) is 21.2 Å². The smallest absolute Gasteiger partial charge is 0.307 e. The average Bonchev–Trinajstić information content (AvgIpc) is 2.33. The fourth-order valence-corrected chi connectivity index (χ4v) is 3.93. The molecule has 0 spiro atoms. The third-order valence-corrected chi connectivity index (χ3v) is 5.46. The van der Waals surface area contributed by atoms with Crippen LogP contribution in [0.4, 0.5) is 0 Å². The van der Waals surface area contributed by atoms with Crippen molar-refractivity contribution in [3.05, 3.63) is 28.3 Å². The summed E-state index contributed by atoms with van der Waals surface area (Å²) in [4.78, 5) is 11.1. The molecule has 21 heavy (non-hydrogen) atoms. The van der Waals surface area contributed by atoms with Crippen molar-refractivity contribution in [1.29, 1.82) is 0 Å². The summed E-state index contributed by atoms with van der Waals surface area (Å²) in [6.07, 6.45) is 4.96. The van der Waals surface area contributed by atoms with E-state index in [1.807, 2.05) is 0 Å². The van der Waals surface area contributed by atoms with Crippen molar-refractivity contribution in [3.63, 3.8) is 0 Å². The van der Waals surface area contributed by atoms with E-state index in [4.69, 9.17) is 11.5 Å². The molecule has 0 aliphatic rings. The fourth-order valence-electron chi connectivity index (χ4n) is 2.40. The highest BCUT2D eigenvalue weighted by Gasteiger charge is 2.26. The van der Waals surface area contributed by atoms with E-state index >= 15 is 0 Å². The van der Waals surface area contributed by atoms with Gasteiger partial charge in [0.15, 0.2) is 0 Å². The molecule has 0 radical (unpaired) electrons. The Morgan fingerprint density at radius 1 is 1.33 bits per heavy atom. The summed E-state index contributed by atoms with van der Waals surface area (Å²) in [6, 6.07) is 1.70. The summed E-state index contributed by atoms with van der Waals surface area (Å²) < 4.78 is 26.3. The van der Waals surface area contributed by atoms with E-state index in [1.54, 1.807) is 26.8 Å². The zero-order valence-electron chi connectivity index (χ0n) is 12.6. The Kier molecular flexibility index (Phi) is 5.15. The van der Waals surface area contributed by atoms with Crippen LogP contribution in [-0.4, -0.2) is 37.4 Å². The van der Waals surface area contributed by atoms with E-state index in [0.717, 1.165) is 9.87 Å². The van der Waals surface area contributed by atoms with Gasteiger partial charge in [0, 0.05) is 7.05 Å². The average molecular weight is 309 g/mol. The van der Waals surface area contributed by atoms with Crippen LogP contribution in [0.1, 0.15) is 22.3 Å². The second kappa shape index (κ2) is 6.29. The van der Waals surface area contributed by atoms with Crippen LogP contribution in [0.2, 0.25) is 0 Å². The lowest BCUT2D eigenvalue weighted by atomic mass is 9.97. The third-order valence-electron chi connectivity index (χ3n) is 3.37. The molecule has 1 N–H and O–H groups in total. The molecule has 114 valence electrons. The number of carbonyl (C=O) groups is 1. The molecule has 5 nitrogen and oxygen atoms in total. The first-order valence-corrected chi connectivity index (χ1v) is 7.78. The van der Waals surface area contributed by atoms with Gasteiger partial charge in [-0.25, -0.2) is 8.42 Å². The zero-order valence-corrected chi connectivity index (χ0v) is 13.4. The van der Waals surface area contributed by atoms with Gasteiger partial charge in [-0.05, 0) is 43.0 Å². The van der Waals surface area contributed by atoms with Crippen LogP contribution in [0, 0.1) is 33.1 Å². The molecule has 0 bridgehead atoms. The number of hydrogen-bond donors (Lipinski definition) is 1. The molecule has 0 saturated carbocycles. The van der Waals surface area contributed by atoms with Crippen molar-refractivity contribution in [2.75, 3.05) is 13.6 Å². The third kappa shape index (κ3) is 3.43. The zero-order chi connectivity index (χ0) is 16.4.